The molecule has 82 heavy (non-hydrogen) atoms. The highest BCUT2D eigenvalue weighted by molar-refractivity contribution is 5.98. The van der Waals surface area contributed by atoms with Crippen LogP contribution in [-0.4, -0.2) is 234 Å². The number of hydrogen-bond acceptors (Lipinski definition) is 11. The number of allylic oxidation sites excluding steroid dienone is 2. The molecule has 462 valence electrons. The van der Waals surface area contributed by atoms with Crippen LogP contribution in [0.4, 0.5) is 0 Å². The minimum atomic E-state index is -1.19. The molecule has 2 bridgehead atoms. The molecule has 22 heteroatoms. The van der Waals surface area contributed by atoms with Crippen molar-refractivity contribution in [2.24, 2.45) is 29.6 Å². The molecule has 3 aliphatic heterocycles. The van der Waals surface area contributed by atoms with Crippen molar-refractivity contribution < 1.29 is 57.2 Å². The van der Waals surface area contributed by atoms with Gasteiger partial charge in [0.15, 0.2) is 6.54 Å². The molecular weight excluding hydrogens is 1050 g/mol. The van der Waals surface area contributed by atoms with Gasteiger partial charge in [-0.3, -0.25) is 47.9 Å². The van der Waals surface area contributed by atoms with E-state index in [2.05, 4.69) is 22.5 Å². The fourth-order valence-corrected chi connectivity index (χ4v) is 11.2. The van der Waals surface area contributed by atoms with Crippen molar-refractivity contribution in [2.75, 3.05) is 75.5 Å². The third-order valence-electron chi connectivity index (χ3n) is 16.9. The number of rotatable bonds is 14. The first-order valence-electron chi connectivity index (χ1n) is 29.5. The zero-order valence-corrected chi connectivity index (χ0v) is 52.8. The van der Waals surface area contributed by atoms with Gasteiger partial charge in [0.2, 0.25) is 53.2 Å². The monoisotopic (exact) mass is 1150 g/mol. The summed E-state index contributed by atoms with van der Waals surface area (Å²) in [6.07, 6.45) is 8.57. The smallest absolute Gasteiger partial charge is 0.337 e. The van der Waals surface area contributed by atoms with E-state index in [1.165, 1.54) is 98.7 Å². The molecular formula is C60H102N11O11+. The number of nitrogens with one attached hydrogen (secondary N) is 3. The molecule has 3 aliphatic rings. The molecule has 11 amide bonds. The van der Waals surface area contributed by atoms with Crippen LogP contribution in [-0.2, 0) is 52.7 Å². The summed E-state index contributed by atoms with van der Waals surface area (Å²) in [5.41, 5.74) is 0. The summed E-state index contributed by atoms with van der Waals surface area (Å²) in [7, 11) is 10.3. The molecule has 0 aromatic carbocycles. The molecule has 11 unspecified atom stereocenters. The molecule has 0 aromatic heterocycles. The van der Waals surface area contributed by atoms with E-state index in [0.29, 0.717) is 38.6 Å². The minimum absolute atomic E-state index is 0.00671. The van der Waals surface area contributed by atoms with E-state index in [9.17, 15) is 52.7 Å². The van der Waals surface area contributed by atoms with Gasteiger partial charge in [-0.1, -0.05) is 73.6 Å². The largest absolute Gasteiger partial charge is 0.343 e. The Morgan fingerprint density at radius 1 is 0.549 bits per heavy atom. The second-order valence-corrected chi connectivity index (χ2v) is 25.1. The van der Waals surface area contributed by atoms with Gasteiger partial charge >= 0.3 is 5.91 Å². The minimum Gasteiger partial charge on any atom is -0.343 e. The lowest BCUT2D eigenvalue weighted by Crippen LogP contribution is -2.61. The van der Waals surface area contributed by atoms with Crippen LogP contribution < -0.4 is 16.0 Å². The Morgan fingerprint density at radius 3 is 1.57 bits per heavy atom. The van der Waals surface area contributed by atoms with Gasteiger partial charge < -0.3 is 50.2 Å². The molecule has 0 radical (unpaired) electrons. The Labute approximate surface area is 489 Å². The molecule has 22 nitrogen and oxygen atoms in total. The third kappa shape index (κ3) is 17.9. The van der Waals surface area contributed by atoms with Crippen molar-refractivity contribution in [3.05, 3.63) is 24.8 Å². The van der Waals surface area contributed by atoms with Gasteiger partial charge in [-0.25, -0.2) is 9.28 Å². The quantitative estimate of drug-likeness (QED) is 0.130. The van der Waals surface area contributed by atoms with Gasteiger partial charge in [-0.05, 0) is 102 Å². The number of carbonyl (C=O) groups excluding carboxylic acids is 11. The van der Waals surface area contributed by atoms with Crippen molar-refractivity contribution in [3.8, 4) is 0 Å². The van der Waals surface area contributed by atoms with Gasteiger partial charge in [-0.2, -0.15) is 0 Å². The van der Waals surface area contributed by atoms with Crippen molar-refractivity contribution >= 4 is 65.0 Å². The van der Waals surface area contributed by atoms with E-state index in [4.69, 9.17) is 0 Å². The number of quaternary nitrogens is 1. The van der Waals surface area contributed by atoms with Crippen LogP contribution >= 0.6 is 0 Å². The predicted octanol–water partition coefficient (Wildman–Crippen LogP) is 2.80. The Kier molecular flexibility index (Phi) is 26.4. The molecule has 0 saturated carbocycles. The van der Waals surface area contributed by atoms with E-state index in [1.54, 1.807) is 13.8 Å². The normalized spacial score (nSPS) is 29.4. The molecule has 3 heterocycles. The van der Waals surface area contributed by atoms with Crippen LogP contribution in [0, 0.1) is 29.6 Å². The van der Waals surface area contributed by atoms with E-state index in [0.717, 1.165) is 4.90 Å². The van der Waals surface area contributed by atoms with Crippen molar-refractivity contribution in [1.82, 2.24) is 50.2 Å². The molecule has 3 rings (SSSR count). The molecule has 3 N–H and O–H groups in total. The fraction of sp³-hybridized carbons (Fsp3) is 0.750. The standard InChI is InChI=1S/C60H101N11O11/c1-20-22-24-42-31-47-60(82)71(34-48(42)71)35-51(74)66(15)44(23-21-2)57(79)68(17)43(28-25-36(3)4)54(76)63-52(39(9)10)59(81)64(13)32-49(72)61-40(11)53(75)62-41(12)55(77)69(18)46(30-27-38(7)8)58(80)70(19)45(29-26-37(5)6)56(78)65(14)33-50(73)67(47)16/h20-22,36-48,52H,2,23-35H2,1,3-19H3,(H2-,61,62,63,72,75,76)/p+1. The fourth-order valence-electron chi connectivity index (χ4n) is 11.2. The lowest BCUT2D eigenvalue weighted by Gasteiger charge is -2.39. The molecule has 0 aromatic rings. The van der Waals surface area contributed by atoms with E-state index in [1.807, 2.05) is 60.6 Å². The number of piperidine rings is 1. The van der Waals surface area contributed by atoms with Crippen molar-refractivity contribution in [3.63, 3.8) is 0 Å². The third-order valence-corrected chi connectivity index (χ3v) is 16.9. The maximum absolute atomic E-state index is 15.0. The van der Waals surface area contributed by atoms with Crippen molar-refractivity contribution in [1.29, 1.82) is 0 Å². The zero-order valence-electron chi connectivity index (χ0n) is 52.8. The van der Waals surface area contributed by atoms with Crippen LogP contribution in [0.15, 0.2) is 24.8 Å². The predicted molar refractivity (Wildman–Crippen MR) is 313 cm³/mol. The first kappa shape index (κ1) is 70.1. The van der Waals surface area contributed by atoms with E-state index in [-0.39, 0.29) is 72.3 Å². The Balaban J connectivity index is 2.20. The van der Waals surface area contributed by atoms with Crippen LogP contribution in [0.2, 0.25) is 0 Å². The maximum atomic E-state index is 15.0. The number of hydrogen-bond donors (Lipinski definition) is 3. The van der Waals surface area contributed by atoms with Gasteiger partial charge in [0.25, 0.3) is 5.91 Å². The second-order valence-electron chi connectivity index (χ2n) is 25.1. The highest BCUT2D eigenvalue weighted by Gasteiger charge is 2.70. The highest BCUT2D eigenvalue weighted by Crippen LogP contribution is 2.47. The molecule has 11 atom stereocenters. The highest BCUT2D eigenvalue weighted by atomic mass is 16.2. The molecule has 3 saturated heterocycles. The number of fused-ring (bicyclic) bond motifs is 1. The number of carbonyl (C=O) groups is 11. The Hall–Kier alpha value is -6.19. The summed E-state index contributed by atoms with van der Waals surface area (Å²) in [4.78, 5) is 167. The lowest BCUT2D eigenvalue weighted by molar-refractivity contribution is -0.734. The number of nitrogens with zero attached hydrogens (tertiary/aromatic N) is 8. The molecule has 3 fully saturated rings. The summed E-state index contributed by atoms with van der Waals surface area (Å²) in [5.74, 6) is -6.47. The van der Waals surface area contributed by atoms with Gasteiger partial charge in [0.05, 0.1) is 13.1 Å². The van der Waals surface area contributed by atoms with Crippen LogP contribution in [0.3, 0.4) is 0 Å². The summed E-state index contributed by atoms with van der Waals surface area (Å²) >= 11 is 0. The van der Waals surface area contributed by atoms with Crippen LogP contribution in [0.5, 0.6) is 0 Å². The first-order valence-corrected chi connectivity index (χ1v) is 29.5. The molecule has 0 aliphatic carbocycles. The number of amides is 11. The van der Waals surface area contributed by atoms with Gasteiger partial charge in [0.1, 0.15) is 60.9 Å². The second kappa shape index (κ2) is 30.9. The zero-order chi connectivity index (χ0) is 62.4. The number of likely N-dealkylation sites (N-methyl/N-ethyl adjacent to an activating group) is 7. The van der Waals surface area contributed by atoms with Gasteiger partial charge in [-0.15, -0.1) is 6.58 Å². The first-order chi connectivity index (χ1) is 38.2. The van der Waals surface area contributed by atoms with Crippen LogP contribution in [0.25, 0.3) is 0 Å². The average molecular weight is 1150 g/mol. The van der Waals surface area contributed by atoms with E-state index < -0.39 is 126 Å². The van der Waals surface area contributed by atoms with Crippen LogP contribution in [0.1, 0.15) is 134 Å². The topological polar surface area (TPSA) is 247 Å². The molecule has 1 spiro atoms. The van der Waals surface area contributed by atoms with Crippen molar-refractivity contribution in [2.45, 2.75) is 188 Å². The summed E-state index contributed by atoms with van der Waals surface area (Å²) in [5, 5.41) is 8.07. The summed E-state index contributed by atoms with van der Waals surface area (Å²) in [6.45, 7) is 23.1. The Bertz CT molecular complexity index is 2360. The summed E-state index contributed by atoms with van der Waals surface area (Å²) < 4.78 is -0.239. The maximum Gasteiger partial charge on any atom is 0.337 e. The SMILES string of the molecule is C=CCC1C(=O)N(C)C(CCC(C)C)C(=O)NC(C(C)C)C(=O)N(C)CC(=O)NC(C)C(=O)NC(C)C(=O)N(C)C(CCC(C)C)C(=O)N(C)C(CCC(C)C)C(=O)N(C)CC(=O)N(C)C2CC(CC=CC)C3C[N+]3(CC(=O)N1C)C2=O. The lowest BCUT2D eigenvalue weighted by atomic mass is 9.88. The Morgan fingerprint density at radius 2 is 1.05 bits per heavy atom. The summed E-state index contributed by atoms with van der Waals surface area (Å²) in [6, 6.07) is -9.08. The van der Waals surface area contributed by atoms with E-state index >= 15 is 0 Å². The average Bonchev–Trinajstić information content (AvgIpc) is 4.32. The van der Waals surface area contributed by atoms with Gasteiger partial charge in [0, 0.05) is 55.3 Å².